The largest absolute Gasteiger partial charge is 0.508 e. The highest BCUT2D eigenvalue weighted by atomic mass is 19.4. The number of nitrogens with one attached hydrogen (secondary N) is 2. The number of carbonyl (C=O) groups is 2. The third kappa shape index (κ3) is 6.98. The van der Waals surface area contributed by atoms with E-state index in [2.05, 4.69) is 10.6 Å². The number of rotatable bonds is 9. The van der Waals surface area contributed by atoms with Gasteiger partial charge in [-0.2, -0.15) is 13.2 Å². The highest BCUT2D eigenvalue weighted by molar-refractivity contribution is 6.07. The predicted molar refractivity (Wildman–Crippen MR) is 148 cm³/mol. The summed E-state index contributed by atoms with van der Waals surface area (Å²) in [5.74, 6) is -0.426. The lowest BCUT2D eigenvalue weighted by molar-refractivity contribution is -0.137. The zero-order valence-corrected chi connectivity index (χ0v) is 22.2. The van der Waals surface area contributed by atoms with Crippen LogP contribution in [-0.4, -0.2) is 42.1 Å². The van der Waals surface area contributed by atoms with Crippen molar-refractivity contribution in [2.75, 3.05) is 20.3 Å². The van der Waals surface area contributed by atoms with Gasteiger partial charge in [-0.1, -0.05) is 48.5 Å². The molecule has 4 aromatic rings. The molecule has 0 saturated heterocycles. The number of aromatic hydroxyl groups is 1. The summed E-state index contributed by atoms with van der Waals surface area (Å²) in [6.45, 7) is 2.71. The Morgan fingerprint density at radius 1 is 0.875 bits per heavy atom. The first-order valence-corrected chi connectivity index (χ1v) is 12.7. The molecule has 0 unspecified atom stereocenters. The Kier molecular flexibility index (Phi) is 8.74. The Balaban J connectivity index is 1.39. The quantitative estimate of drug-likeness (QED) is 0.235. The average Bonchev–Trinajstić information content (AvgIpc) is 2.93. The molecule has 3 N–H and O–H groups in total. The molecule has 0 aliphatic carbocycles. The number of nitrogens with zero attached hydrogens (tertiary/aromatic N) is 1. The molecule has 208 valence electrons. The molecule has 0 aliphatic rings. The van der Waals surface area contributed by atoms with Crippen molar-refractivity contribution in [3.05, 3.63) is 112 Å². The van der Waals surface area contributed by atoms with Crippen LogP contribution in [0.3, 0.4) is 0 Å². The van der Waals surface area contributed by atoms with Crippen molar-refractivity contribution in [3.63, 3.8) is 0 Å². The fraction of sp³-hybridized carbons (Fsp3) is 0.226. The van der Waals surface area contributed by atoms with Gasteiger partial charge >= 0.3 is 6.18 Å². The summed E-state index contributed by atoms with van der Waals surface area (Å²) in [4.78, 5) is 27.5. The number of carbonyl (C=O) groups excluding carboxylic acids is 2. The van der Waals surface area contributed by atoms with E-state index in [4.69, 9.17) is 0 Å². The average molecular weight is 550 g/mol. The van der Waals surface area contributed by atoms with Gasteiger partial charge in [-0.15, -0.1) is 0 Å². The first-order chi connectivity index (χ1) is 19.0. The van der Waals surface area contributed by atoms with Crippen molar-refractivity contribution in [2.24, 2.45) is 0 Å². The van der Waals surface area contributed by atoms with Gasteiger partial charge in [-0.3, -0.25) is 14.5 Å². The normalized spacial score (nSPS) is 11.6. The molecule has 4 aromatic carbocycles. The lowest BCUT2D eigenvalue weighted by Crippen LogP contribution is -2.35. The number of hydrogen-bond donors (Lipinski definition) is 3. The van der Waals surface area contributed by atoms with E-state index in [0.29, 0.717) is 28.8 Å². The highest BCUT2D eigenvalue weighted by Crippen LogP contribution is 2.29. The SMILES string of the molecule is Cc1cc(C(=O)NCN(C)Cc2ccc(C(=O)NCCc3cccc(C(F)(F)F)c3)c3ccccc23)ccc1O. The Hall–Kier alpha value is -4.37. The van der Waals surface area contributed by atoms with Gasteiger partial charge in [0, 0.05) is 24.2 Å². The fourth-order valence-electron chi connectivity index (χ4n) is 4.47. The molecular formula is C31H30F3N3O3. The number of amides is 2. The van der Waals surface area contributed by atoms with Gasteiger partial charge in [0.2, 0.25) is 0 Å². The molecule has 0 radical (unpaired) electrons. The maximum atomic E-state index is 13.0. The van der Waals surface area contributed by atoms with Crippen molar-refractivity contribution >= 4 is 22.6 Å². The van der Waals surface area contributed by atoms with Gasteiger partial charge in [-0.25, -0.2) is 0 Å². The number of benzene rings is 4. The van der Waals surface area contributed by atoms with E-state index in [1.807, 2.05) is 42.3 Å². The molecule has 0 atom stereocenters. The third-order valence-corrected chi connectivity index (χ3v) is 6.62. The molecule has 0 bridgehead atoms. The minimum atomic E-state index is -4.41. The summed E-state index contributed by atoms with van der Waals surface area (Å²) in [5, 5.41) is 17.0. The van der Waals surface area contributed by atoms with E-state index in [-0.39, 0.29) is 37.2 Å². The van der Waals surface area contributed by atoms with Crippen LogP contribution >= 0.6 is 0 Å². The second-order valence-corrected chi connectivity index (χ2v) is 9.70. The summed E-state index contributed by atoms with van der Waals surface area (Å²) in [5.41, 5.74) is 2.30. The molecule has 9 heteroatoms. The summed E-state index contributed by atoms with van der Waals surface area (Å²) in [6.07, 6.45) is -4.14. The van der Waals surface area contributed by atoms with Crippen molar-refractivity contribution < 1.29 is 27.9 Å². The van der Waals surface area contributed by atoms with E-state index in [1.54, 1.807) is 31.2 Å². The van der Waals surface area contributed by atoms with Gasteiger partial charge in [0.1, 0.15) is 5.75 Å². The smallest absolute Gasteiger partial charge is 0.416 e. The van der Waals surface area contributed by atoms with Crippen molar-refractivity contribution in [2.45, 2.75) is 26.1 Å². The highest BCUT2D eigenvalue weighted by Gasteiger charge is 2.30. The van der Waals surface area contributed by atoms with Gasteiger partial charge in [-0.05, 0) is 78.2 Å². The summed E-state index contributed by atoms with van der Waals surface area (Å²) >= 11 is 0. The Labute approximate surface area is 230 Å². The zero-order chi connectivity index (χ0) is 28.9. The van der Waals surface area contributed by atoms with Crippen LogP contribution in [0.5, 0.6) is 5.75 Å². The maximum absolute atomic E-state index is 13.0. The number of phenols is 1. The molecule has 0 aliphatic heterocycles. The van der Waals surface area contributed by atoms with Crippen LogP contribution in [0.1, 0.15) is 43.0 Å². The van der Waals surface area contributed by atoms with Crippen LogP contribution in [0.25, 0.3) is 10.8 Å². The lowest BCUT2D eigenvalue weighted by Gasteiger charge is -2.19. The molecule has 0 fully saturated rings. The van der Waals surface area contributed by atoms with E-state index < -0.39 is 11.7 Å². The second kappa shape index (κ2) is 12.2. The van der Waals surface area contributed by atoms with Crippen molar-refractivity contribution in [1.82, 2.24) is 15.5 Å². The Morgan fingerprint density at radius 3 is 2.35 bits per heavy atom. The van der Waals surface area contributed by atoms with Crippen LogP contribution < -0.4 is 10.6 Å². The number of hydrogen-bond acceptors (Lipinski definition) is 4. The van der Waals surface area contributed by atoms with Gasteiger partial charge < -0.3 is 15.7 Å². The van der Waals surface area contributed by atoms with Crippen LogP contribution in [0.2, 0.25) is 0 Å². The zero-order valence-electron chi connectivity index (χ0n) is 22.2. The minimum absolute atomic E-state index is 0.133. The van der Waals surface area contributed by atoms with Crippen LogP contribution in [0.4, 0.5) is 13.2 Å². The number of phenolic OH excluding ortho intramolecular Hbond substituents is 1. The van der Waals surface area contributed by atoms with Crippen molar-refractivity contribution in [3.8, 4) is 5.75 Å². The molecule has 2 amide bonds. The number of fused-ring (bicyclic) bond motifs is 1. The van der Waals surface area contributed by atoms with E-state index >= 15 is 0 Å². The van der Waals surface area contributed by atoms with Crippen molar-refractivity contribution in [1.29, 1.82) is 0 Å². The Morgan fingerprint density at radius 2 is 1.62 bits per heavy atom. The third-order valence-electron chi connectivity index (χ3n) is 6.62. The monoisotopic (exact) mass is 549 g/mol. The van der Waals surface area contributed by atoms with E-state index in [9.17, 15) is 27.9 Å². The Bertz CT molecular complexity index is 1540. The minimum Gasteiger partial charge on any atom is -0.508 e. The first-order valence-electron chi connectivity index (χ1n) is 12.7. The molecule has 4 rings (SSSR count). The number of aryl methyl sites for hydroxylation is 1. The number of halogens is 3. The van der Waals surface area contributed by atoms with E-state index in [0.717, 1.165) is 28.5 Å². The second-order valence-electron chi connectivity index (χ2n) is 9.70. The van der Waals surface area contributed by atoms with Gasteiger partial charge in [0.25, 0.3) is 11.8 Å². The molecule has 40 heavy (non-hydrogen) atoms. The van der Waals surface area contributed by atoms with Crippen LogP contribution in [0, 0.1) is 6.92 Å². The van der Waals surface area contributed by atoms with Crippen LogP contribution in [0.15, 0.2) is 78.9 Å². The molecule has 0 saturated carbocycles. The first kappa shape index (κ1) is 28.6. The predicted octanol–water partition coefficient (Wildman–Crippen LogP) is 5.66. The standard InChI is InChI=1S/C31H30F3N3O3/c1-20-16-22(11-13-28(20)38)29(39)36-19-37(2)18-23-10-12-27(26-9-4-3-8-25(23)26)30(40)35-15-14-21-6-5-7-24(17-21)31(32,33)34/h3-13,16-17,38H,14-15,18-19H2,1-2H3,(H,35,40)(H,36,39). The summed E-state index contributed by atoms with van der Waals surface area (Å²) < 4.78 is 38.9. The van der Waals surface area contributed by atoms with Gasteiger partial charge in [0.05, 0.1) is 12.2 Å². The number of alkyl halides is 3. The summed E-state index contributed by atoms with van der Waals surface area (Å²) in [6, 6.07) is 20.9. The molecule has 0 aromatic heterocycles. The summed E-state index contributed by atoms with van der Waals surface area (Å²) in [7, 11) is 1.87. The lowest BCUT2D eigenvalue weighted by atomic mass is 9.98. The van der Waals surface area contributed by atoms with E-state index in [1.165, 1.54) is 12.1 Å². The molecule has 0 spiro atoms. The topological polar surface area (TPSA) is 81.7 Å². The molecule has 6 nitrogen and oxygen atoms in total. The molecular weight excluding hydrogens is 519 g/mol. The fourth-order valence-corrected chi connectivity index (χ4v) is 4.47. The van der Waals surface area contributed by atoms with Crippen LogP contribution in [-0.2, 0) is 19.1 Å². The molecule has 0 heterocycles. The maximum Gasteiger partial charge on any atom is 0.416 e. The van der Waals surface area contributed by atoms with Gasteiger partial charge in [0.15, 0.2) is 0 Å².